The van der Waals surface area contributed by atoms with Gasteiger partial charge in [-0.05, 0) is 88.2 Å². The first-order chi connectivity index (χ1) is 19.6. The number of pyridine rings is 2. The minimum Gasteiger partial charge on any atom is -0.354 e. The molecule has 0 saturated carbocycles. The van der Waals surface area contributed by atoms with Gasteiger partial charge in [-0.15, -0.1) is 0 Å². The van der Waals surface area contributed by atoms with Crippen molar-refractivity contribution in [1.82, 2.24) is 24.3 Å². The summed E-state index contributed by atoms with van der Waals surface area (Å²) in [5, 5.41) is 4.01. The highest BCUT2D eigenvalue weighted by Gasteiger charge is 2.21. The maximum atomic E-state index is 13.8. The summed E-state index contributed by atoms with van der Waals surface area (Å²) in [5.74, 6) is 0.792. The number of piperazine rings is 1. The Balaban J connectivity index is 1.53. The maximum absolute atomic E-state index is 13.8. The van der Waals surface area contributed by atoms with Crippen LogP contribution < -0.4 is 15.8 Å². The molecule has 3 aromatic heterocycles. The first kappa shape index (κ1) is 28.6. The molecule has 1 saturated heterocycles. The first-order valence-electron chi connectivity index (χ1n) is 14.6. The molecule has 1 aromatic carbocycles. The van der Waals surface area contributed by atoms with E-state index in [0.717, 1.165) is 77.3 Å². The third-order valence-corrected chi connectivity index (χ3v) is 8.76. The van der Waals surface area contributed by atoms with Crippen LogP contribution in [0.15, 0.2) is 47.5 Å². The number of aromatic nitrogens is 3. The monoisotopic (exact) mass is 554 g/mol. The lowest BCUT2D eigenvalue weighted by Gasteiger charge is -2.33. The summed E-state index contributed by atoms with van der Waals surface area (Å²) in [5.41, 5.74) is 6.93. The molecule has 8 nitrogen and oxygen atoms in total. The molecule has 5 rings (SSSR count). The molecule has 1 atom stereocenters. The Labute approximate surface area is 242 Å². The van der Waals surface area contributed by atoms with Crippen LogP contribution in [0.5, 0.6) is 0 Å². The van der Waals surface area contributed by atoms with Crippen molar-refractivity contribution in [2.75, 3.05) is 38.1 Å². The van der Waals surface area contributed by atoms with Crippen molar-refractivity contribution in [3.8, 4) is 11.1 Å². The lowest BCUT2D eigenvalue weighted by Crippen LogP contribution is -2.44. The molecular formula is C33H42N6O2. The number of hydrogen-bond acceptors (Lipinski definition) is 5. The fourth-order valence-electron chi connectivity index (χ4n) is 5.78. The first-order valence-corrected chi connectivity index (χ1v) is 14.6. The minimum absolute atomic E-state index is 0.0766. The molecular weight excluding hydrogens is 512 g/mol. The molecule has 4 heterocycles. The van der Waals surface area contributed by atoms with Crippen molar-refractivity contribution in [3.05, 3.63) is 81.0 Å². The van der Waals surface area contributed by atoms with Crippen LogP contribution >= 0.6 is 0 Å². The van der Waals surface area contributed by atoms with Gasteiger partial charge in [-0.1, -0.05) is 6.92 Å². The van der Waals surface area contributed by atoms with Crippen molar-refractivity contribution in [3.63, 3.8) is 0 Å². The summed E-state index contributed by atoms with van der Waals surface area (Å²) in [6.45, 7) is 14.4. The van der Waals surface area contributed by atoms with Crippen LogP contribution in [0.4, 0.5) is 5.82 Å². The van der Waals surface area contributed by atoms with Crippen molar-refractivity contribution >= 4 is 22.6 Å². The second-order valence-corrected chi connectivity index (χ2v) is 11.6. The van der Waals surface area contributed by atoms with Gasteiger partial charge in [-0.25, -0.2) is 4.98 Å². The van der Waals surface area contributed by atoms with E-state index < -0.39 is 0 Å². The smallest absolute Gasteiger partial charge is 0.255 e. The summed E-state index contributed by atoms with van der Waals surface area (Å²) in [6.07, 6.45) is 5.04. The Bertz CT molecular complexity index is 1640. The molecule has 0 unspecified atom stereocenters. The maximum Gasteiger partial charge on any atom is 0.255 e. The van der Waals surface area contributed by atoms with Crippen molar-refractivity contribution in [2.24, 2.45) is 7.05 Å². The van der Waals surface area contributed by atoms with Crippen LogP contribution in [-0.2, 0) is 13.6 Å². The highest BCUT2D eigenvalue weighted by atomic mass is 16.2. The molecule has 0 aliphatic carbocycles. The molecule has 216 valence electrons. The minimum atomic E-state index is -0.189. The van der Waals surface area contributed by atoms with Crippen LogP contribution in [0.2, 0.25) is 0 Å². The number of likely N-dealkylation sites (N-methyl/N-ethyl adjacent to an activating group) is 1. The van der Waals surface area contributed by atoms with Gasteiger partial charge >= 0.3 is 0 Å². The van der Waals surface area contributed by atoms with Gasteiger partial charge in [0.15, 0.2) is 0 Å². The average molecular weight is 555 g/mol. The SMILES string of the molecule is CC[C@H](C)n1cc(C)c2c(C(=O)NCc3c(C)cc(C)n(C)c3=O)cc(-c3ccc(N4CCN(C)CC4)nc3)cc21. The average Bonchev–Trinajstić information content (AvgIpc) is 3.31. The Kier molecular flexibility index (Phi) is 8.04. The van der Waals surface area contributed by atoms with E-state index in [1.165, 1.54) is 0 Å². The molecule has 8 heteroatoms. The molecule has 4 aromatic rings. The molecule has 1 aliphatic heterocycles. The summed E-state index contributed by atoms with van der Waals surface area (Å²) in [7, 11) is 3.91. The quantitative estimate of drug-likeness (QED) is 0.349. The fourth-order valence-corrected chi connectivity index (χ4v) is 5.78. The second-order valence-electron chi connectivity index (χ2n) is 11.6. The molecule has 0 spiro atoms. The lowest BCUT2D eigenvalue weighted by molar-refractivity contribution is 0.0952. The standard InChI is InChI=1S/C33H42N6O2/c1-8-23(4)39-20-22(3)31-27(32(40)35-19-28-21(2)15-24(5)37(7)33(28)41)16-26(17-29(31)39)25-9-10-30(34-18-25)38-13-11-36(6)12-14-38/h9-10,15-18,20,23H,8,11-14,19H2,1-7H3,(H,35,40)/t23-/m0/s1. The topological polar surface area (TPSA) is 75.4 Å². The number of nitrogens with zero attached hydrogens (tertiary/aromatic N) is 5. The summed E-state index contributed by atoms with van der Waals surface area (Å²) >= 11 is 0. The third kappa shape index (κ3) is 5.53. The molecule has 41 heavy (non-hydrogen) atoms. The van der Waals surface area contributed by atoms with E-state index in [0.29, 0.717) is 11.1 Å². The van der Waals surface area contributed by atoms with Crippen LogP contribution in [0.3, 0.4) is 0 Å². The molecule has 1 aliphatic rings. The Morgan fingerprint density at radius 1 is 1.00 bits per heavy atom. The van der Waals surface area contributed by atoms with Crippen LogP contribution in [0, 0.1) is 20.8 Å². The second kappa shape index (κ2) is 11.5. The highest BCUT2D eigenvalue weighted by Crippen LogP contribution is 2.34. The van der Waals surface area contributed by atoms with Crippen LogP contribution in [0.25, 0.3) is 22.0 Å². The molecule has 0 radical (unpaired) electrons. The number of nitrogens with one attached hydrogen (secondary N) is 1. The number of carbonyl (C=O) groups is 1. The summed E-state index contributed by atoms with van der Waals surface area (Å²) in [4.78, 5) is 36.2. The number of rotatable bonds is 7. The fraction of sp³-hybridized carbons (Fsp3) is 0.424. The largest absolute Gasteiger partial charge is 0.354 e. The Morgan fingerprint density at radius 2 is 1.73 bits per heavy atom. The predicted molar refractivity (Wildman–Crippen MR) is 167 cm³/mol. The number of carbonyl (C=O) groups excluding carboxylic acids is 1. The summed E-state index contributed by atoms with van der Waals surface area (Å²) < 4.78 is 3.90. The van der Waals surface area contributed by atoms with Crippen molar-refractivity contribution < 1.29 is 4.79 Å². The van der Waals surface area contributed by atoms with Gasteiger partial charge < -0.3 is 24.3 Å². The van der Waals surface area contributed by atoms with E-state index in [4.69, 9.17) is 4.98 Å². The van der Waals surface area contributed by atoms with Crippen LogP contribution in [0.1, 0.15) is 59.1 Å². The number of benzene rings is 1. The molecule has 1 N–H and O–H groups in total. The van der Waals surface area contributed by atoms with Crippen molar-refractivity contribution in [1.29, 1.82) is 0 Å². The van der Waals surface area contributed by atoms with Gasteiger partial charge in [-0.3, -0.25) is 9.59 Å². The number of amides is 1. The van der Waals surface area contributed by atoms with Gasteiger partial charge in [0.25, 0.3) is 11.5 Å². The van der Waals surface area contributed by atoms with Gasteiger partial charge in [0.1, 0.15) is 5.82 Å². The number of hydrogen-bond donors (Lipinski definition) is 1. The Hall–Kier alpha value is -3.91. The van der Waals surface area contributed by atoms with E-state index in [9.17, 15) is 9.59 Å². The van der Waals surface area contributed by atoms with Gasteiger partial charge in [0.2, 0.25) is 0 Å². The molecule has 1 fully saturated rings. The number of aryl methyl sites for hydroxylation is 3. The van der Waals surface area contributed by atoms with Crippen LogP contribution in [-0.4, -0.2) is 58.2 Å². The zero-order valence-corrected chi connectivity index (χ0v) is 25.4. The molecule has 0 bridgehead atoms. The van der Waals surface area contributed by atoms with Gasteiger partial charge in [0, 0.05) is 91.5 Å². The van der Waals surface area contributed by atoms with E-state index in [-0.39, 0.29) is 24.1 Å². The lowest BCUT2D eigenvalue weighted by atomic mass is 9.98. The van der Waals surface area contributed by atoms with Gasteiger partial charge in [0.05, 0.1) is 0 Å². The van der Waals surface area contributed by atoms with E-state index >= 15 is 0 Å². The predicted octanol–water partition coefficient (Wildman–Crippen LogP) is 4.98. The van der Waals surface area contributed by atoms with E-state index in [1.807, 2.05) is 32.2 Å². The van der Waals surface area contributed by atoms with Gasteiger partial charge in [-0.2, -0.15) is 0 Å². The zero-order chi connectivity index (χ0) is 29.4. The van der Waals surface area contributed by atoms with Crippen molar-refractivity contribution in [2.45, 2.75) is 53.6 Å². The number of fused-ring (bicyclic) bond motifs is 1. The third-order valence-electron chi connectivity index (χ3n) is 8.76. The molecule has 1 amide bonds. The van der Waals surface area contributed by atoms with E-state index in [1.54, 1.807) is 11.6 Å². The van der Waals surface area contributed by atoms with E-state index in [2.05, 4.69) is 71.9 Å². The summed E-state index contributed by atoms with van der Waals surface area (Å²) in [6, 6.07) is 10.6. The zero-order valence-electron chi connectivity index (χ0n) is 25.4. The normalized spacial score (nSPS) is 15.0. The Morgan fingerprint density at radius 3 is 2.39 bits per heavy atom. The number of anilines is 1. The highest BCUT2D eigenvalue weighted by molar-refractivity contribution is 6.09.